The van der Waals surface area contributed by atoms with Crippen LogP contribution in [0.5, 0.6) is 0 Å². The van der Waals surface area contributed by atoms with Gasteiger partial charge in [-0.3, -0.25) is 4.79 Å². The first-order chi connectivity index (χ1) is 8.17. The molecular formula is C14H12N2O. The molecule has 0 aromatic carbocycles. The average Bonchev–Trinajstić information content (AvgIpc) is 2.64. The van der Waals surface area contributed by atoms with E-state index in [2.05, 4.69) is 10.9 Å². The lowest BCUT2D eigenvalue weighted by Crippen LogP contribution is -2.02. The van der Waals surface area contributed by atoms with Gasteiger partial charge < -0.3 is 4.57 Å². The molecule has 0 radical (unpaired) electrons. The summed E-state index contributed by atoms with van der Waals surface area (Å²) in [4.78, 5) is 15.2. The Morgan fingerprint density at radius 1 is 1.41 bits per heavy atom. The molecule has 0 saturated carbocycles. The second kappa shape index (κ2) is 4.26. The highest BCUT2D eigenvalue weighted by Crippen LogP contribution is 2.18. The molecule has 84 valence electrons. The Bertz CT molecular complexity index is 600. The number of rotatable bonds is 2. The molecule has 2 rings (SSSR count). The number of pyridine rings is 1. The first-order valence-electron chi connectivity index (χ1n) is 5.24. The number of nitrogens with zero attached hydrogens (tertiary/aromatic N) is 2. The van der Waals surface area contributed by atoms with Gasteiger partial charge >= 0.3 is 0 Å². The van der Waals surface area contributed by atoms with E-state index in [0.29, 0.717) is 5.56 Å². The third kappa shape index (κ3) is 1.85. The van der Waals surface area contributed by atoms with Gasteiger partial charge in [0.15, 0.2) is 6.29 Å². The molecule has 0 unspecified atom stereocenters. The molecule has 0 aliphatic heterocycles. The minimum Gasteiger partial charge on any atom is -0.302 e. The molecule has 2 aromatic rings. The highest BCUT2D eigenvalue weighted by molar-refractivity contribution is 5.77. The van der Waals surface area contributed by atoms with Crippen molar-refractivity contribution in [2.24, 2.45) is 0 Å². The van der Waals surface area contributed by atoms with Crippen molar-refractivity contribution in [1.82, 2.24) is 9.55 Å². The molecule has 0 spiro atoms. The van der Waals surface area contributed by atoms with Gasteiger partial charge in [-0.25, -0.2) is 4.98 Å². The molecule has 2 heterocycles. The van der Waals surface area contributed by atoms with Crippen LogP contribution in [0.2, 0.25) is 0 Å². The SMILES string of the molecule is C#Cc1ccc(-n2c(C)cc(C=O)c2C)nc1. The number of aryl methyl sites for hydroxylation is 1. The maximum atomic E-state index is 10.9. The first-order valence-corrected chi connectivity index (χ1v) is 5.24. The summed E-state index contributed by atoms with van der Waals surface area (Å²) < 4.78 is 1.93. The van der Waals surface area contributed by atoms with Gasteiger partial charge in [-0.15, -0.1) is 6.42 Å². The normalized spacial score (nSPS) is 9.94. The second-order valence-electron chi connectivity index (χ2n) is 3.83. The summed E-state index contributed by atoms with van der Waals surface area (Å²) in [6.07, 6.45) is 7.78. The van der Waals surface area contributed by atoms with Gasteiger partial charge in [0.25, 0.3) is 0 Å². The number of terminal acetylenes is 1. The molecule has 3 nitrogen and oxygen atoms in total. The van der Waals surface area contributed by atoms with E-state index >= 15 is 0 Å². The predicted octanol–water partition coefficient (Wildman–Crippen LogP) is 2.28. The van der Waals surface area contributed by atoms with Crippen LogP contribution in [0.1, 0.15) is 27.3 Å². The summed E-state index contributed by atoms with van der Waals surface area (Å²) in [6.45, 7) is 3.84. The average molecular weight is 224 g/mol. The molecule has 0 amide bonds. The van der Waals surface area contributed by atoms with Gasteiger partial charge in [-0.2, -0.15) is 0 Å². The Kier molecular flexibility index (Phi) is 2.80. The molecule has 3 heteroatoms. The topological polar surface area (TPSA) is 34.9 Å². The largest absolute Gasteiger partial charge is 0.302 e. The Hall–Kier alpha value is -2.34. The summed E-state index contributed by atoms with van der Waals surface area (Å²) in [5.74, 6) is 3.29. The van der Waals surface area contributed by atoms with E-state index in [1.807, 2.05) is 36.6 Å². The molecule has 0 N–H and O–H groups in total. The molecule has 2 aromatic heterocycles. The van der Waals surface area contributed by atoms with E-state index in [1.165, 1.54) is 0 Å². The zero-order valence-corrected chi connectivity index (χ0v) is 9.77. The van der Waals surface area contributed by atoms with Crippen molar-refractivity contribution >= 4 is 6.29 Å². The Morgan fingerprint density at radius 2 is 2.18 bits per heavy atom. The summed E-state index contributed by atoms with van der Waals surface area (Å²) in [5, 5.41) is 0. The maximum Gasteiger partial charge on any atom is 0.151 e. The van der Waals surface area contributed by atoms with Crippen molar-refractivity contribution in [3.05, 3.63) is 46.9 Å². The lowest BCUT2D eigenvalue weighted by atomic mass is 10.3. The molecule has 0 aliphatic carbocycles. The van der Waals surface area contributed by atoms with Crippen molar-refractivity contribution < 1.29 is 4.79 Å². The molecule has 0 aliphatic rings. The van der Waals surface area contributed by atoms with E-state index in [4.69, 9.17) is 6.42 Å². The van der Waals surface area contributed by atoms with Crippen LogP contribution in [0.15, 0.2) is 24.4 Å². The van der Waals surface area contributed by atoms with E-state index in [1.54, 1.807) is 6.20 Å². The number of hydrogen-bond donors (Lipinski definition) is 0. The maximum absolute atomic E-state index is 10.9. The van der Waals surface area contributed by atoms with Crippen LogP contribution in [-0.2, 0) is 0 Å². The Morgan fingerprint density at radius 3 is 2.65 bits per heavy atom. The minimum absolute atomic E-state index is 0.685. The zero-order chi connectivity index (χ0) is 12.4. The number of carbonyl (C=O) groups excluding carboxylic acids is 1. The summed E-state index contributed by atoms with van der Waals surface area (Å²) in [7, 11) is 0. The zero-order valence-electron chi connectivity index (χ0n) is 9.77. The molecule has 0 bridgehead atoms. The van der Waals surface area contributed by atoms with Crippen LogP contribution in [0.25, 0.3) is 5.82 Å². The van der Waals surface area contributed by atoms with Gasteiger partial charge in [0.05, 0.1) is 0 Å². The van der Waals surface area contributed by atoms with E-state index in [0.717, 1.165) is 29.1 Å². The molecule has 0 atom stereocenters. The van der Waals surface area contributed by atoms with Crippen LogP contribution in [-0.4, -0.2) is 15.8 Å². The van der Waals surface area contributed by atoms with Crippen LogP contribution in [0, 0.1) is 26.2 Å². The van der Waals surface area contributed by atoms with Gasteiger partial charge in [0.2, 0.25) is 0 Å². The monoisotopic (exact) mass is 224 g/mol. The number of carbonyl (C=O) groups is 1. The highest BCUT2D eigenvalue weighted by Gasteiger charge is 2.10. The van der Waals surface area contributed by atoms with Crippen LogP contribution >= 0.6 is 0 Å². The van der Waals surface area contributed by atoms with Crippen LogP contribution in [0.4, 0.5) is 0 Å². The summed E-state index contributed by atoms with van der Waals surface area (Å²) in [6, 6.07) is 5.53. The van der Waals surface area contributed by atoms with Crippen molar-refractivity contribution in [3.8, 4) is 18.2 Å². The van der Waals surface area contributed by atoms with Crippen molar-refractivity contribution in [3.63, 3.8) is 0 Å². The van der Waals surface area contributed by atoms with Crippen molar-refractivity contribution in [2.75, 3.05) is 0 Å². The third-order valence-electron chi connectivity index (χ3n) is 2.74. The quantitative estimate of drug-likeness (QED) is 0.579. The summed E-state index contributed by atoms with van der Waals surface area (Å²) in [5.41, 5.74) is 3.29. The predicted molar refractivity (Wildman–Crippen MR) is 66.4 cm³/mol. The van der Waals surface area contributed by atoms with E-state index in [9.17, 15) is 4.79 Å². The molecule has 17 heavy (non-hydrogen) atoms. The number of hydrogen-bond acceptors (Lipinski definition) is 2. The van der Waals surface area contributed by atoms with Crippen molar-refractivity contribution in [2.45, 2.75) is 13.8 Å². The molecule has 0 saturated heterocycles. The lowest BCUT2D eigenvalue weighted by molar-refractivity contribution is 0.112. The fraction of sp³-hybridized carbons (Fsp3) is 0.143. The van der Waals surface area contributed by atoms with Gasteiger partial charge in [-0.05, 0) is 32.0 Å². The third-order valence-corrected chi connectivity index (χ3v) is 2.74. The first kappa shape index (κ1) is 11.2. The standard InChI is InChI=1S/C14H12N2O/c1-4-12-5-6-14(15-8-12)16-10(2)7-13(9-17)11(16)3/h1,5-9H,2-3H3. The second-order valence-corrected chi connectivity index (χ2v) is 3.83. The highest BCUT2D eigenvalue weighted by atomic mass is 16.1. The molecule has 0 fully saturated rings. The summed E-state index contributed by atoms with van der Waals surface area (Å²) >= 11 is 0. The van der Waals surface area contributed by atoms with Crippen molar-refractivity contribution in [1.29, 1.82) is 0 Å². The Balaban J connectivity index is 2.56. The van der Waals surface area contributed by atoms with E-state index < -0.39 is 0 Å². The minimum atomic E-state index is 0.685. The lowest BCUT2D eigenvalue weighted by Gasteiger charge is -2.08. The molecular weight excluding hydrogens is 212 g/mol. The van der Waals surface area contributed by atoms with Gasteiger partial charge in [-0.1, -0.05) is 5.92 Å². The number of aromatic nitrogens is 2. The van der Waals surface area contributed by atoms with E-state index in [-0.39, 0.29) is 0 Å². The van der Waals surface area contributed by atoms with Crippen LogP contribution < -0.4 is 0 Å². The number of aldehydes is 1. The van der Waals surface area contributed by atoms with Gasteiger partial charge in [0.1, 0.15) is 5.82 Å². The smallest absolute Gasteiger partial charge is 0.151 e. The van der Waals surface area contributed by atoms with Gasteiger partial charge in [0, 0.05) is 28.7 Å². The van der Waals surface area contributed by atoms with Crippen LogP contribution in [0.3, 0.4) is 0 Å². The Labute approximate surface area is 100 Å². The fourth-order valence-electron chi connectivity index (χ4n) is 1.86. The fourth-order valence-corrected chi connectivity index (χ4v) is 1.86.